The van der Waals surface area contributed by atoms with Crippen molar-refractivity contribution in [3.63, 3.8) is 0 Å². The van der Waals surface area contributed by atoms with Crippen molar-refractivity contribution in [2.45, 2.75) is 38.1 Å². The quantitative estimate of drug-likeness (QED) is 0.923. The summed E-state index contributed by atoms with van der Waals surface area (Å²) in [6, 6.07) is 7.76. The summed E-state index contributed by atoms with van der Waals surface area (Å²) in [4.78, 5) is 12.9. The molecule has 0 spiro atoms. The van der Waals surface area contributed by atoms with Crippen LogP contribution in [0, 0.1) is 11.3 Å². The third-order valence-corrected chi connectivity index (χ3v) is 4.05. The molecular weight excluding hydrogens is 276 g/mol. The maximum Gasteiger partial charge on any atom is 0.303 e. The highest BCUT2D eigenvalue weighted by molar-refractivity contribution is 6.32. The van der Waals surface area contributed by atoms with E-state index in [0.29, 0.717) is 17.0 Å². The monoisotopic (exact) mass is 292 g/mol. The van der Waals surface area contributed by atoms with E-state index < -0.39 is 5.97 Å². The summed E-state index contributed by atoms with van der Waals surface area (Å²) in [5.74, 6) is -0.776. The fourth-order valence-corrected chi connectivity index (χ4v) is 2.98. The molecule has 0 radical (unpaired) electrons. The average Bonchev–Trinajstić information content (AvgIpc) is 2.45. The lowest BCUT2D eigenvalue weighted by Crippen LogP contribution is -2.40. The van der Waals surface area contributed by atoms with Crippen LogP contribution in [0.5, 0.6) is 0 Å². The first-order chi connectivity index (χ1) is 9.63. The van der Waals surface area contributed by atoms with Gasteiger partial charge in [-0.15, -0.1) is 0 Å². The molecule has 0 bridgehead atoms. The number of rotatable bonds is 4. The highest BCUT2D eigenvalue weighted by Crippen LogP contribution is 2.32. The van der Waals surface area contributed by atoms with Crippen molar-refractivity contribution in [1.82, 2.24) is 0 Å². The van der Waals surface area contributed by atoms with E-state index in [1.165, 1.54) is 0 Å². The second-order valence-electron chi connectivity index (χ2n) is 5.02. The first-order valence-corrected chi connectivity index (χ1v) is 7.18. The SMILES string of the molecule is N#Cc1c(Cl)cccc1N1CCCCC1CCC(=O)O. The van der Waals surface area contributed by atoms with E-state index in [1.807, 2.05) is 12.1 Å². The lowest BCUT2D eigenvalue weighted by Gasteiger charge is -2.38. The van der Waals surface area contributed by atoms with Gasteiger partial charge in [0.2, 0.25) is 0 Å². The van der Waals surface area contributed by atoms with Gasteiger partial charge in [-0.05, 0) is 37.8 Å². The van der Waals surface area contributed by atoms with Crippen molar-refractivity contribution in [2.24, 2.45) is 0 Å². The van der Waals surface area contributed by atoms with Gasteiger partial charge in [-0.25, -0.2) is 0 Å². The van der Waals surface area contributed by atoms with Crippen molar-refractivity contribution in [3.8, 4) is 6.07 Å². The number of anilines is 1. The van der Waals surface area contributed by atoms with Crippen molar-refractivity contribution < 1.29 is 9.90 Å². The molecule has 0 aromatic heterocycles. The van der Waals surface area contributed by atoms with Crippen LogP contribution in [0.15, 0.2) is 18.2 Å². The minimum absolute atomic E-state index is 0.156. The Morgan fingerprint density at radius 1 is 1.50 bits per heavy atom. The van der Waals surface area contributed by atoms with E-state index in [2.05, 4.69) is 11.0 Å². The summed E-state index contributed by atoms with van der Waals surface area (Å²) >= 11 is 6.08. The zero-order valence-electron chi connectivity index (χ0n) is 11.2. The number of carbonyl (C=O) groups is 1. The molecule has 0 saturated carbocycles. The van der Waals surface area contributed by atoms with Crippen LogP contribution in [-0.4, -0.2) is 23.7 Å². The van der Waals surface area contributed by atoms with Crippen LogP contribution in [-0.2, 0) is 4.79 Å². The Hall–Kier alpha value is -1.73. The van der Waals surface area contributed by atoms with E-state index in [9.17, 15) is 10.1 Å². The molecule has 1 atom stereocenters. The van der Waals surface area contributed by atoms with Gasteiger partial charge in [-0.3, -0.25) is 4.79 Å². The van der Waals surface area contributed by atoms with Crippen molar-refractivity contribution >= 4 is 23.3 Å². The molecule has 20 heavy (non-hydrogen) atoms. The van der Waals surface area contributed by atoms with Crippen LogP contribution >= 0.6 is 11.6 Å². The number of carboxylic acid groups (broad SMARTS) is 1. The Morgan fingerprint density at radius 2 is 2.30 bits per heavy atom. The van der Waals surface area contributed by atoms with Crippen LogP contribution in [0.2, 0.25) is 5.02 Å². The van der Waals surface area contributed by atoms with Gasteiger partial charge in [-0.2, -0.15) is 5.26 Å². The largest absolute Gasteiger partial charge is 0.481 e. The van der Waals surface area contributed by atoms with E-state index in [4.69, 9.17) is 16.7 Å². The van der Waals surface area contributed by atoms with E-state index in [1.54, 1.807) is 6.07 Å². The number of aliphatic carboxylic acids is 1. The number of piperidine rings is 1. The fraction of sp³-hybridized carbons (Fsp3) is 0.467. The molecule has 1 heterocycles. The third-order valence-electron chi connectivity index (χ3n) is 3.73. The van der Waals surface area contributed by atoms with Gasteiger partial charge in [0, 0.05) is 19.0 Å². The zero-order chi connectivity index (χ0) is 14.5. The first-order valence-electron chi connectivity index (χ1n) is 6.80. The smallest absolute Gasteiger partial charge is 0.303 e. The molecule has 1 N–H and O–H groups in total. The first kappa shape index (κ1) is 14.7. The van der Waals surface area contributed by atoms with Crippen molar-refractivity contribution in [2.75, 3.05) is 11.4 Å². The summed E-state index contributed by atoms with van der Waals surface area (Å²) in [6.45, 7) is 0.847. The lowest BCUT2D eigenvalue weighted by molar-refractivity contribution is -0.137. The molecular formula is C15H17ClN2O2. The molecule has 1 aromatic carbocycles. The van der Waals surface area contributed by atoms with Gasteiger partial charge in [0.1, 0.15) is 6.07 Å². The van der Waals surface area contributed by atoms with Crippen LogP contribution in [0.4, 0.5) is 5.69 Å². The maximum atomic E-state index is 10.8. The minimum atomic E-state index is -0.776. The zero-order valence-corrected chi connectivity index (χ0v) is 11.9. The van der Waals surface area contributed by atoms with Gasteiger partial charge in [-0.1, -0.05) is 17.7 Å². The standard InChI is InChI=1S/C15H17ClN2O2/c16-13-5-3-6-14(12(13)10-17)18-9-2-1-4-11(18)7-8-15(19)20/h3,5-6,11H,1-2,4,7-9H2,(H,19,20). The van der Waals surface area contributed by atoms with Gasteiger partial charge < -0.3 is 10.0 Å². The number of carboxylic acids is 1. The predicted molar refractivity (Wildman–Crippen MR) is 78.0 cm³/mol. The van der Waals surface area contributed by atoms with E-state index in [-0.39, 0.29) is 12.5 Å². The van der Waals surface area contributed by atoms with Crippen LogP contribution < -0.4 is 4.90 Å². The molecule has 0 amide bonds. The van der Waals surface area contributed by atoms with Crippen molar-refractivity contribution in [1.29, 1.82) is 5.26 Å². The summed E-state index contributed by atoms with van der Waals surface area (Å²) in [7, 11) is 0. The normalized spacial score (nSPS) is 18.6. The molecule has 0 aliphatic carbocycles. The van der Waals surface area contributed by atoms with Crippen LogP contribution in [0.1, 0.15) is 37.7 Å². The Kier molecular flexibility index (Phi) is 4.86. The predicted octanol–water partition coefficient (Wildman–Crippen LogP) is 3.44. The number of hydrogen-bond donors (Lipinski definition) is 1. The maximum absolute atomic E-state index is 10.8. The molecule has 1 fully saturated rings. The number of halogens is 1. The summed E-state index contributed by atoms with van der Waals surface area (Å²) in [5.41, 5.74) is 1.31. The highest BCUT2D eigenvalue weighted by atomic mass is 35.5. The molecule has 1 saturated heterocycles. The number of hydrogen-bond acceptors (Lipinski definition) is 3. The van der Waals surface area contributed by atoms with Crippen LogP contribution in [0.25, 0.3) is 0 Å². The van der Waals surface area contributed by atoms with Gasteiger partial charge in [0.25, 0.3) is 0 Å². The van der Waals surface area contributed by atoms with E-state index in [0.717, 1.165) is 31.5 Å². The topological polar surface area (TPSA) is 64.3 Å². The molecule has 1 unspecified atom stereocenters. The Morgan fingerprint density at radius 3 is 3.00 bits per heavy atom. The molecule has 4 nitrogen and oxygen atoms in total. The number of benzene rings is 1. The Bertz CT molecular complexity index is 539. The van der Waals surface area contributed by atoms with E-state index >= 15 is 0 Å². The van der Waals surface area contributed by atoms with Gasteiger partial charge >= 0.3 is 5.97 Å². The molecule has 1 aliphatic heterocycles. The highest BCUT2D eigenvalue weighted by Gasteiger charge is 2.25. The summed E-state index contributed by atoms with van der Waals surface area (Å²) in [5, 5.41) is 18.6. The molecule has 1 aromatic rings. The molecule has 2 rings (SSSR count). The Labute approximate surface area is 123 Å². The average molecular weight is 293 g/mol. The lowest BCUT2D eigenvalue weighted by atomic mass is 9.96. The minimum Gasteiger partial charge on any atom is -0.481 e. The Balaban J connectivity index is 2.26. The second kappa shape index (κ2) is 6.62. The summed E-state index contributed by atoms with van der Waals surface area (Å²) < 4.78 is 0. The number of nitriles is 1. The second-order valence-corrected chi connectivity index (χ2v) is 5.43. The van der Waals surface area contributed by atoms with Crippen LogP contribution in [0.3, 0.4) is 0 Å². The van der Waals surface area contributed by atoms with Gasteiger partial charge in [0.05, 0.1) is 16.3 Å². The van der Waals surface area contributed by atoms with Gasteiger partial charge in [0.15, 0.2) is 0 Å². The molecule has 106 valence electrons. The van der Waals surface area contributed by atoms with Crippen molar-refractivity contribution in [3.05, 3.63) is 28.8 Å². The fourth-order valence-electron chi connectivity index (χ4n) is 2.77. The summed E-state index contributed by atoms with van der Waals surface area (Å²) in [6.07, 6.45) is 3.88. The third kappa shape index (κ3) is 3.23. The number of nitrogens with zero attached hydrogens (tertiary/aromatic N) is 2. The molecule has 1 aliphatic rings. The molecule has 5 heteroatoms.